The van der Waals surface area contributed by atoms with Crippen LogP contribution in [-0.4, -0.2) is 26.4 Å². The highest BCUT2D eigenvalue weighted by atomic mass is 35.5. The second kappa shape index (κ2) is 10.0. The largest absolute Gasteiger partial charge is 0.325 e. The van der Waals surface area contributed by atoms with E-state index in [1.165, 1.54) is 17.3 Å². The van der Waals surface area contributed by atoms with Crippen LogP contribution in [0.3, 0.4) is 0 Å². The molecule has 1 aromatic heterocycles. The Bertz CT molecular complexity index is 1200. The van der Waals surface area contributed by atoms with Gasteiger partial charge >= 0.3 is 0 Å². The zero-order valence-electron chi connectivity index (χ0n) is 17.9. The van der Waals surface area contributed by atoms with E-state index in [0.29, 0.717) is 16.0 Å². The van der Waals surface area contributed by atoms with Crippen LogP contribution < -0.4 is 5.32 Å². The van der Waals surface area contributed by atoms with Gasteiger partial charge in [-0.25, -0.2) is 0 Å². The Labute approximate surface area is 196 Å². The molecule has 7 heteroatoms. The predicted octanol–water partition coefficient (Wildman–Crippen LogP) is 6.19. The molecule has 0 aliphatic rings. The summed E-state index contributed by atoms with van der Waals surface area (Å²) >= 11 is 7.41. The van der Waals surface area contributed by atoms with E-state index < -0.39 is 0 Å². The first-order valence-corrected chi connectivity index (χ1v) is 11.7. The molecule has 3 aromatic carbocycles. The van der Waals surface area contributed by atoms with Crippen molar-refractivity contribution >= 4 is 35.0 Å². The summed E-state index contributed by atoms with van der Waals surface area (Å²) in [5, 5.41) is 13.0. The molecule has 0 radical (unpaired) electrons. The molecular formula is C25H23ClN4OS. The van der Waals surface area contributed by atoms with E-state index >= 15 is 0 Å². The number of hydrogen-bond donors (Lipinski definition) is 1. The maximum atomic E-state index is 12.5. The maximum absolute atomic E-state index is 12.5. The van der Waals surface area contributed by atoms with Crippen LogP contribution in [-0.2, 0) is 11.2 Å². The SMILES string of the molecule is CCc1ccc(NC(=O)CSc2nnc(-c3ccc(Cl)cc3)n2-c2ccc(C)cc2)cc1. The molecule has 0 unspecified atom stereocenters. The van der Waals surface area contributed by atoms with E-state index in [-0.39, 0.29) is 11.7 Å². The third kappa shape index (κ3) is 5.21. The minimum absolute atomic E-state index is 0.0919. The summed E-state index contributed by atoms with van der Waals surface area (Å²) in [6.45, 7) is 4.15. The summed E-state index contributed by atoms with van der Waals surface area (Å²) in [5.41, 5.74) is 5.02. The first-order chi connectivity index (χ1) is 15.5. The third-order valence-corrected chi connectivity index (χ3v) is 6.19. The Morgan fingerprint density at radius 2 is 1.66 bits per heavy atom. The van der Waals surface area contributed by atoms with Gasteiger partial charge in [-0.05, 0) is 67.4 Å². The number of aromatic nitrogens is 3. The Hall–Kier alpha value is -3.09. The second-order valence-electron chi connectivity index (χ2n) is 7.37. The van der Waals surface area contributed by atoms with Crippen molar-refractivity contribution in [1.29, 1.82) is 0 Å². The van der Waals surface area contributed by atoms with Gasteiger partial charge in [-0.2, -0.15) is 0 Å². The van der Waals surface area contributed by atoms with Gasteiger partial charge < -0.3 is 5.32 Å². The van der Waals surface area contributed by atoms with Crippen molar-refractivity contribution in [2.24, 2.45) is 0 Å². The normalized spacial score (nSPS) is 10.8. The van der Waals surface area contributed by atoms with E-state index in [1.807, 2.05) is 84.3 Å². The summed E-state index contributed by atoms with van der Waals surface area (Å²) < 4.78 is 1.97. The highest BCUT2D eigenvalue weighted by molar-refractivity contribution is 7.99. The van der Waals surface area contributed by atoms with Crippen LogP contribution in [0.1, 0.15) is 18.1 Å². The van der Waals surface area contributed by atoms with E-state index in [0.717, 1.165) is 28.9 Å². The monoisotopic (exact) mass is 462 g/mol. The molecule has 0 aliphatic carbocycles. The minimum atomic E-state index is -0.0919. The molecule has 5 nitrogen and oxygen atoms in total. The average molecular weight is 463 g/mol. The fourth-order valence-electron chi connectivity index (χ4n) is 3.23. The van der Waals surface area contributed by atoms with Crippen LogP contribution in [0.2, 0.25) is 5.02 Å². The van der Waals surface area contributed by atoms with Crippen molar-refractivity contribution in [2.75, 3.05) is 11.1 Å². The zero-order valence-corrected chi connectivity index (χ0v) is 19.5. The number of anilines is 1. The van der Waals surface area contributed by atoms with Crippen LogP contribution in [0.15, 0.2) is 78.0 Å². The van der Waals surface area contributed by atoms with Crippen molar-refractivity contribution in [3.63, 3.8) is 0 Å². The fraction of sp³-hybridized carbons (Fsp3) is 0.160. The summed E-state index contributed by atoms with van der Waals surface area (Å²) in [7, 11) is 0. The molecular weight excluding hydrogens is 440 g/mol. The highest BCUT2D eigenvalue weighted by Gasteiger charge is 2.17. The molecule has 4 rings (SSSR count). The number of nitrogens with one attached hydrogen (secondary N) is 1. The van der Waals surface area contributed by atoms with Crippen LogP contribution in [0, 0.1) is 6.92 Å². The number of halogens is 1. The number of thioether (sulfide) groups is 1. The molecule has 32 heavy (non-hydrogen) atoms. The van der Waals surface area contributed by atoms with Crippen molar-refractivity contribution in [2.45, 2.75) is 25.4 Å². The maximum Gasteiger partial charge on any atom is 0.234 e. The van der Waals surface area contributed by atoms with Gasteiger partial charge in [0.25, 0.3) is 0 Å². The van der Waals surface area contributed by atoms with Crippen molar-refractivity contribution in [3.8, 4) is 17.1 Å². The smallest absolute Gasteiger partial charge is 0.234 e. The van der Waals surface area contributed by atoms with E-state index in [4.69, 9.17) is 11.6 Å². The van der Waals surface area contributed by atoms with Crippen LogP contribution in [0.4, 0.5) is 5.69 Å². The van der Waals surface area contributed by atoms with Crippen molar-refractivity contribution in [1.82, 2.24) is 14.8 Å². The van der Waals surface area contributed by atoms with E-state index in [9.17, 15) is 4.79 Å². The molecule has 0 saturated carbocycles. The Morgan fingerprint density at radius 3 is 2.31 bits per heavy atom. The van der Waals surface area contributed by atoms with Gasteiger partial charge in [-0.3, -0.25) is 9.36 Å². The number of carbonyl (C=O) groups is 1. The Kier molecular flexibility index (Phi) is 6.93. The van der Waals surface area contributed by atoms with Crippen molar-refractivity contribution in [3.05, 3.63) is 88.9 Å². The van der Waals surface area contributed by atoms with Gasteiger partial charge in [0.05, 0.1) is 5.75 Å². The lowest BCUT2D eigenvalue weighted by atomic mass is 10.1. The first-order valence-electron chi connectivity index (χ1n) is 10.3. The molecule has 0 saturated heterocycles. The number of carbonyl (C=O) groups excluding carboxylic acids is 1. The summed E-state index contributed by atoms with van der Waals surface area (Å²) in [5.74, 6) is 0.828. The van der Waals surface area contributed by atoms with Crippen LogP contribution in [0.5, 0.6) is 0 Å². The number of amides is 1. The molecule has 4 aromatic rings. The van der Waals surface area contributed by atoms with Crippen LogP contribution >= 0.6 is 23.4 Å². The molecule has 0 fully saturated rings. The molecule has 0 aliphatic heterocycles. The first kappa shape index (κ1) is 22.1. The van der Waals surface area contributed by atoms with Gasteiger partial charge in [0.1, 0.15) is 0 Å². The highest BCUT2D eigenvalue weighted by Crippen LogP contribution is 2.29. The molecule has 1 N–H and O–H groups in total. The fourth-order valence-corrected chi connectivity index (χ4v) is 4.10. The van der Waals surface area contributed by atoms with Crippen molar-refractivity contribution < 1.29 is 4.79 Å². The number of benzene rings is 3. The Balaban J connectivity index is 1.56. The lowest BCUT2D eigenvalue weighted by Crippen LogP contribution is -2.14. The molecule has 1 heterocycles. The lowest BCUT2D eigenvalue weighted by Gasteiger charge is -2.11. The molecule has 1 amide bonds. The zero-order chi connectivity index (χ0) is 22.5. The molecule has 0 atom stereocenters. The summed E-state index contributed by atoms with van der Waals surface area (Å²) in [4.78, 5) is 12.5. The van der Waals surface area contributed by atoms with Gasteiger partial charge in [-0.1, -0.05) is 60.1 Å². The van der Waals surface area contributed by atoms with Crippen LogP contribution in [0.25, 0.3) is 17.1 Å². The standard InChI is InChI=1S/C25H23ClN4OS/c1-3-18-6-12-21(13-7-18)27-23(31)16-32-25-29-28-24(19-8-10-20(26)11-9-19)30(25)22-14-4-17(2)5-15-22/h4-15H,3,16H2,1-2H3,(H,27,31). The molecule has 162 valence electrons. The summed E-state index contributed by atoms with van der Waals surface area (Å²) in [6.07, 6.45) is 0.967. The molecule has 0 spiro atoms. The number of aryl methyl sites for hydroxylation is 2. The Morgan fingerprint density at radius 1 is 0.969 bits per heavy atom. The lowest BCUT2D eigenvalue weighted by molar-refractivity contribution is -0.113. The summed E-state index contributed by atoms with van der Waals surface area (Å²) in [6, 6.07) is 23.5. The van der Waals surface area contributed by atoms with Gasteiger partial charge in [0.2, 0.25) is 5.91 Å². The van der Waals surface area contributed by atoms with Gasteiger partial charge in [-0.15, -0.1) is 10.2 Å². The number of hydrogen-bond acceptors (Lipinski definition) is 4. The molecule has 0 bridgehead atoms. The van der Waals surface area contributed by atoms with Gasteiger partial charge in [0.15, 0.2) is 11.0 Å². The van der Waals surface area contributed by atoms with E-state index in [2.05, 4.69) is 22.4 Å². The average Bonchev–Trinajstić information content (AvgIpc) is 3.23. The predicted molar refractivity (Wildman–Crippen MR) is 132 cm³/mol. The minimum Gasteiger partial charge on any atom is -0.325 e. The quantitative estimate of drug-likeness (QED) is 0.333. The third-order valence-electron chi connectivity index (χ3n) is 5.01. The van der Waals surface area contributed by atoms with Gasteiger partial charge in [0, 0.05) is 22.0 Å². The van der Waals surface area contributed by atoms with E-state index in [1.54, 1.807) is 0 Å². The number of nitrogens with zero attached hydrogens (tertiary/aromatic N) is 3. The topological polar surface area (TPSA) is 59.8 Å². The number of rotatable bonds is 7. The second-order valence-corrected chi connectivity index (χ2v) is 8.75.